The highest BCUT2D eigenvalue weighted by Gasteiger charge is 2.26. The minimum absolute atomic E-state index is 0.108. The molecule has 0 unspecified atom stereocenters. The topological polar surface area (TPSA) is 52.6 Å². The lowest BCUT2D eigenvalue weighted by Gasteiger charge is -2.25. The van der Waals surface area contributed by atoms with Crippen molar-refractivity contribution in [3.63, 3.8) is 0 Å². The molecule has 0 atom stereocenters. The zero-order valence-electron chi connectivity index (χ0n) is 10.6. The van der Waals surface area contributed by atoms with E-state index in [1.807, 2.05) is 13.8 Å². The van der Waals surface area contributed by atoms with Gasteiger partial charge < -0.3 is 9.47 Å². The predicted molar refractivity (Wildman–Crippen MR) is 77.7 cm³/mol. The summed E-state index contributed by atoms with van der Waals surface area (Å²) in [4.78, 5) is 0. The molecule has 106 valence electrons. The molecule has 19 heavy (non-hydrogen) atoms. The van der Waals surface area contributed by atoms with Gasteiger partial charge in [0.1, 0.15) is 13.2 Å². The van der Waals surface area contributed by atoms with Gasteiger partial charge in [-0.05, 0) is 33.5 Å². The Morgan fingerprint density at radius 1 is 1.32 bits per heavy atom. The molecule has 1 aliphatic rings. The van der Waals surface area contributed by atoms with E-state index in [0.717, 1.165) is 5.56 Å². The fourth-order valence-electron chi connectivity index (χ4n) is 2.18. The fourth-order valence-corrected chi connectivity index (χ4v) is 3.71. The number of ether oxygens (including phenoxy) is 2. The van der Waals surface area contributed by atoms with Crippen molar-refractivity contribution < 1.29 is 17.9 Å². The summed E-state index contributed by atoms with van der Waals surface area (Å²) in [7, 11) is 1.74. The molecule has 1 aromatic carbocycles. The van der Waals surface area contributed by atoms with Crippen LogP contribution in [0.25, 0.3) is 0 Å². The van der Waals surface area contributed by atoms with E-state index in [9.17, 15) is 8.42 Å². The maximum absolute atomic E-state index is 11.3. The fraction of sp³-hybridized carbons (Fsp3) is 0.500. The second kappa shape index (κ2) is 5.50. The zero-order valence-corrected chi connectivity index (χ0v) is 13.7. The molecular weight excluding hydrogens is 356 g/mol. The number of hydrogen-bond donors (Lipinski definition) is 0. The van der Waals surface area contributed by atoms with Gasteiger partial charge in [0.05, 0.1) is 10.2 Å². The largest absolute Gasteiger partial charge is 0.486 e. The van der Waals surface area contributed by atoms with E-state index in [1.165, 1.54) is 0 Å². The summed E-state index contributed by atoms with van der Waals surface area (Å²) in [6.45, 7) is 4.89. The summed E-state index contributed by atoms with van der Waals surface area (Å²) in [6, 6.07) is 1.74. The van der Waals surface area contributed by atoms with Gasteiger partial charge in [-0.25, -0.2) is 8.42 Å². The average molecular weight is 370 g/mol. The molecule has 0 aliphatic carbocycles. The molecule has 1 aliphatic heterocycles. The van der Waals surface area contributed by atoms with Crippen LogP contribution >= 0.6 is 26.6 Å². The van der Waals surface area contributed by atoms with Gasteiger partial charge in [0.2, 0.25) is 9.05 Å². The second-order valence-electron chi connectivity index (χ2n) is 4.62. The van der Waals surface area contributed by atoms with Crippen LogP contribution in [0.15, 0.2) is 10.5 Å². The lowest BCUT2D eigenvalue weighted by atomic mass is 9.96. The molecule has 0 fully saturated rings. The van der Waals surface area contributed by atoms with E-state index >= 15 is 0 Å². The Hall–Kier alpha value is -0.460. The Kier molecular flexibility index (Phi) is 4.32. The van der Waals surface area contributed by atoms with Crippen molar-refractivity contribution in [3.05, 3.63) is 21.7 Å². The molecule has 0 aromatic heterocycles. The van der Waals surface area contributed by atoms with Crippen molar-refractivity contribution in [2.24, 2.45) is 0 Å². The highest BCUT2D eigenvalue weighted by Crippen LogP contribution is 2.45. The van der Waals surface area contributed by atoms with Crippen molar-refractivity contribution in [2.45, 2.75) is 25.5 Å². The minimum atomic E-state index is -3.62. The van der Waals surface area contributed by atoms with Crippen LogP contribution in [0.4, 0.5) is 0 Å². The van der Waals surface area contributed by atoms with Gasteiger partial charge in [0.25, 0.3) is 0 Å². The summed E-state index contributed by atoms with van der Waals surface area (Å²) in [6.07, 6.45) is 0. The van der Waals surface area contributed by atoms with Gasteiger partial charge in [-0.3, -0.25) is 0 Å². The van der Waals surface area contributed by atoms with E-state index in [4.69, 9.17) is 20.2 Å². The van der Waals surface area contributed by atoms with E-state index in [1.54, 1.807) is 6.07 Å². The normalized spacial score (nSPS) is 14.8. The van der Waals surface area contributed by atoms with Crippen LogP contribution in [0.3, 0.4) is 0 Å². The first-order chi connectivity index (χ1) is 8.79. The van der Waals surface area contributed by atoms with Crippen LogP contribution in [0, 0.1) is 0 Å². The smallest absolute Gasteiger partial charge is 0.236 e. The van der Waals surface area contributed by atoms with Crippen molar-refractivity contribution in [2.75, 3.05) is 13.2 Å². The van der Waals surface area contributed by atoms with E-state index in [0.29, 0.717) is 34.7 Å². The summed E-state index contributed by atoms with van der Waals surface area (Å²) in [5.74, 6) is 1.13. The number of benzene rings is 1. The molecule has 7 heteroatoms. The average Bonchev–Trinajstić information content (AvgIpc) is 2.26. The minimum Gasteiger partial charge on any atom is -0.486 e. The van der Waals surface area contributed by atoms with Crippen LogP contribution in [0.1, 0.15) is 30.9 Å². The monoisotopic (exact) mass is 368 g/mol. The third-order valence-corrected chi connectivity index (χ3v) is 4.37. The molecule has 2 rings (SSSR count). The first kappa shape index (κ1) is 14.9. The molecular formula is C12H14BrClO4S. The van der Waals surface area contributed by atoms with Crippen molar-refractivity contribution in [3.8, 4) is 11.5 Å². The van der Waals surface area contributed by atoms with Gasteiger partial charge in [0.15, 0.2) is 11.5 Å². The van der Waals surface area contributed by atoms with Crippen LogP contribution in [0.5, 0.6) is 11.5 Å². The Balaban J connectivity index is 2.63. The number of fused-ring (bicyclic) bond motifs is 1. The van der Waals surface area contributed by atoms with Gasteiger partial charge >= 0.3 is 0 Å². The lowest BCUT2D eigenvalue weighted by molar-refractivity contribution is 0.168. The van der Waals surface area contributed by atoms with Crippen molar-refractivity contribution in [1.29, 1.82) is 0 Å². The number of rotatable bonds is 3. The van der Waals surface area contributed by atoms with Crippen LogP contribution in [0.2, 0.25) is 0 Å². The third kappa shape index (κ3) is 3.35. The zero-order chi connectivity index (χ0) is 14.2. The van der Waals surface area contributed by atoms with Crippen LogP contribution in [-0.4, -0.2) is 21.6 Å². The Labute approximate surface area is 125 Å². The summed E-state index contributed by atoms with van der Waals surface area (Å²) in [5.41, 5.74) is 1.48. The summed E-state index contributed by atoms with van der Waals surface area (Å²) < 4.78 is 34.6. The van der Waals surface area contributed by atoms with Crippen LogP contribution in [-0.2, 0) is 14.8 Å². The molecule has 0 saturated carbocycles. The SMILES string of the molecule is CC(C)c1c(CS(=O)(=O)Cl)cc(Br)c2c1OCCO2. The van der Waals surface area contributed by atoms with Gasteiger partial charge in [0, 0.05) is 16.2 Å². The second-order valence-corrected chi connectivity index (χ2v) is 8.26. The quantitative estimate of drug-likeness (QED) is 0.766. The summed E-state index contributed by atoms with van der Waals surface area (Å²) in [5, 5.41) is 0. The highest BCUT2D eigenvalue weighted by atomic mass is 79.9. The molecule has 4 nitrogen and oxygen atoms in total. The molecule has 0 radical (unpaired) electrons. The van der Waals surface area contributed by atoms with Crippen molar-refractivity contribution in [1.82, 2.24) is 0 Å². The molecule has 0 amide bonds. The third-order valence-electron chi connectivity index (χ3n) is 2.80. The van der Waals surface area contributed by atoms with E-state index in [-0.39, 0.29) is 11.7 Å². The summed E-state index contributed by atoms with van der Waals surface area (Å²) >= 11 is 3.38. The molecule has 0 bridgehead atoms. The number of hydrogen-bond acceptors (Lipinski definition) is 4. The highest BCUT2D eigenvalue weighted by molar-refractivity contribution is 9.10. The number of halogens is 2. The van der Waals surface area contributed by atoms with E-state index in [2.05, 4.69) is 15.9 Å². The molecule has 0 saturated heterocycles. The van der Waals surface area contributed by atoms with Crippen molar-refractivity contribution >= 4 is 35.7 Å². The first-order valence-electron chi connectivity index (χ1n) is 5.83. The molecule has 0 N–H and O–H groups in total. The predicted octanol–water partition coefficient (Wildman–Crippen LogP) is 3.41. The molecule has 1 heterocycles. The van der Waals surface area contributed by atoms with Gasteiger partial charge in [-0.2, -0.15) is 0 Å². The maximum atomic E-state index is 11.3. The molecule has 0 spiro atoms. The Morgan fingerprint density at radius 2 is 1.89 bits per heavy atom. The van der Waals surface area contributed by atoms with Gasteiger partial charge in [-0.15, -0.1) is 0 Å². The van der Waals surface area contributed by atoms with Gasteiger partial charge in [-0.1, -0.05) is 13.8 Å². The maximum Gasteiger partial charge on any atom is 0.236 e. The first-order valence-corrected chi connectivity index (χ1v) is 9.10. The molecule has 1 aromatic rings. The standard InChI is InChI=1S/C12H14BrClO4S/c1-7(2)10-8(6-19(14,15)16)5-9(13)11-12(10)18-4-3-17-11/h5,7H,3-4,6H2,1-2H3. The van der Waals surface area contributed by atoms with Crippen LogP contribution < -0.4 is 9.47 Å². The lowest BCUT2D eigenvalue weighted by Crippen LogP contribution is -2.18. The Morgan fingerprint density at radius 3 is 2.42 bits per heavy atom. The Bertz CT molecular complexity index is 598. The van der Waals surface area contributed by atoms with E-state index < -0.39 is 9.05 Å².